The molecule has 1 saturated heterocycles. The largest absolute Gasteiger partial charge is 0.497 e. The maximum absolute atomic E-state index is 12.1. The van der Waals surface area contributed by atoms with Crippen molar-refractivity contribution >= 4 is 58.0 Å². The molecule has 0 saturated carbocycles. The van der Waals surface area contributed by atoms with Gasteiger partial charge in [0.2, 0.25) is 5.13 Å². The Hall–Kier alpha value is -2.64. The van der Waals surface area contributed by atoms with Crippen LogP contribution >= 0.6 is 23.1 Å². The van der Waals surface area contributed by atoms with Crippen molar-refractivity contribution in [3.8, 4) is 5.75 Å². The number of allylic oxidation sites excluding steroid dienone is 1. The van der Waals surface area contributed by atoms with Gasteiger partial charge in [-0.1, -0.05) is 42.7 Å². The molecule has 1 aromatic carbocycles. The number of hydrogen-bond acceptors (Lipinski definition) is 6. The van der Waals surface area contributed by atoms with Crippen LogP contribution in [-0.2, 0) is 4.79 Å². The lowest BCUT2D eigenvalue weighted by atomic mass is 10.2. The van der Waals surface area contributed by atoms with Crippen LogP contribution in [0.4, 0.5) is 5.13 Å². The molecule has 2 aromatic rings. The second-order valence-electron chi connectivity index (χ2n) is 4.96. The van der Waals surface area contributed by atoms with E-state index in [1.807, 2.05) is 36.4 Å². The average Bonchev–Trinajstić information content (AvgIpc) is 3.11. The molecule has 1 aliphatic heterocycles. The number of nitrogens with one attached hydrogen (secondary N) is 1. The van der Waals surface area contributed by atoms with Gasteiger partial charge in [0.1, 0.15) is 5.75 Å². The van der Waals surface area contributed by atoms with Gasteiger partial charge >= 0.3 is 0 Å². The summed E-state index contributed by atoms with van der Waals surface area (Å²) in [6, 6.07) is 7.48. The van der Waals surface area contributed by atoms with Crippen LogP contribution in [0.2, 0.25) is 0 Å². The number of aliphatic imine (C=N–C) groups is 1. The van der Waals surface area contributed by atoms with E-state index in [4.69, 9.17) is 4.74 Å². The van der Waals surface area contributed by atoms with E-state index in [1.54, 1.807) is 13.2 Å². The molecule has 0 bridgehead atoms. The first kappa shape index (κ1) is 17.2. The Balaban J connectivity index is 1.83. The first-order chi connectivity index (χ1) is 12.1. The summed E-state index contributed by atoms with van der Waals surface area (Å²) in [5.41, 5.74) is 0.914. The first-order valence-electron chi connectivity index (χ1n) is 7.31. The zero-order valence-corrected chi connectivity index (χ0v) is 15.1. The molecule has 1 fully saturated rings. The number of thiazole rings is 1. The third kappa shape index (κ3) is 4.07. The summed E-state index contributed by atoms with van der Waals surface area (Å²) in [5.74, 6) is 0.594. The molecule has 1 amide bonds. The van der Waals surface area contributed by atoms with Crippen LogP contribution in [-0.4, -0.2) is 23.2 Å². The maximum Gasteiger partial charge on any atom is 0.264 e. The Labute approximate surface area is 153 Å². The first-order valence-corrected chi connectivity index (χ1v) is 8.94. The fraction of sp³-hybridized carbons (Fsp3) is 0.0556. The zero-order chi connectivity index (χ0) is 17.8. The summed E-state index contributed by atoms with van der Waals surface area (Å²) in [7, 11) is 1.62. The summed E-state index contributed by atoms with van der Waals surface area (Å²) in [6.07, 6.45) is 5.33. The Kier molecular flexibility index (Phi) is 5.16. The number of benzene rings is 1. The average molecular weight is 369 g/mol. The van der Waals surface area contributed by atoms with Crippen molar-refractivity contribution in [3.05, 3.63) is 57.3 Å². The predicted molar refractivity (Wildman–Crippen MR) is 105 cm³/mol. The monoisotopic (exact) mass is 369 g/mol. The fourth-order valence-corrected chi connectivity index (χ4v) is 3.75. The Bertz CT molecular complexity index is 988. The number of aromatic nitrogens is 1. The minimum atomic E-state index is -0.177. The number of hydrogen-bond donors (Lipinski definition) is 1. The van der Waals surface area contributed by atoms with Gasteiger partial charge in [-0.05, 0) is 41.6 Å². The van der Waals surface area contributed by atoms with Crippen molar-refractivity contribution in [3.63, 3.8) is 0 Å². The van der Waals surface area contributed by atoms with Crippen LogP contribution in [0.25, 0.3) is 18.7 Å². The van der Waals surface area contributed by atoms with E-state index in [0.29, 0.717) is 20.6 Å². The molecule has 0 spiro atoms. The lowest BCUT2D eigenvalue weighted by Crippen LogP contribution is -2.19. The molecule has 126 valence electrons. The van der Waals surface area contributed by atoms with E-state index in [-0.39, 0.29) is 5.91 Å². The summed E-state index contributed by atoms with van der Waals surface area (Å²) in [4.78, 5) is 21.4. The number of amidine groups is 1. The standard InChI is InChI=1S/C18H15N3O2S2/c1-4-5-14-11(2)19-17(24-14)21-18-20-16(22)15(25-18)10-12-6-8-13(23-3)9-7-12/h4-10H,1-2H2,3H3,(H,19,20,21,22)/b14-5+,15-10+. The quantitative estimate of drug-likeness (QED) is 0.841. The van der Waals surface area contributed by atoms with E-state index in [2.05, 4.69) is 28.5 Å². The highest BCUT2D eigenvalue weighted by atomic mass is 32.2. The van der Waals surface area contributed by atoms with E-state index in [1.165, 1.54) is 23.1 Å². The van der Waals surface area contributed by atoms with Crippen molar-refractivity contribution in [2.24, 2.45) is 4.99 Å². The molecule has 0 radical (unpaired) electrons. The van der Waals surface area contributed by atoms with Gasteiger partial charge in [-0.3, -0.25) is 4.79 Å². The van der Waals surface area contributed by atoms with Gasteiger partial charge in [0.15, 0.2) is 5.17 Å². The fourth-order valence-electron chi connectivity index (χ4n) is 2.05. The number of carbonyl (C=O) groups is 1. The third-order valence-corrected chi connectivity index (χ3v) is 5.11. The SMILES string of the molecule is C=C/C=c1/sc(/N=C2\NC(=O)/C(=C\c3ccc(OC)cc3)S2)nc1=C. The Morgan fingerprint density at radius 1 is 1.32 bits per heavy atom. The van der Waals surface area contributed by atoms with Crippen LogP contribution in [0, 0.1) is 0 Å². The number of carbonyl (C=O) groups excluding carboxylic acids is 1. The molecule has 5 nitrogen and oxygen atoms in total. The van der Waals surface area contributed by atoms with Crippen molar-refractivity contribution in [2.45, 2.75) is 0 Å². The maximum atomic E-state index is 12.1. The molecule has 1 aliphatic rings. The highest BCUT2D eigenvalue weighted by Crippen LogP contribution is 2.28. The van der Waals surface area contributed by atoms with E-state index >= 15 is 0 Å². The normalized spacial score (nSPS) is 18.0. The Morgan fingerprint density at radius 2 is 2.08 bits per heavy atom. The van der Waals surface area contributed by atoms with Crippen molar-refractivity contribution in [2.75, 3.05) is 7.11 Å². The molecule has 1 aromatic heterocycles. The lowest BCUT2D eigenvalue weighted by Gasteiger charge is -1.99. The number of thioether (sulfide) groups is 1. The van der Waals surface area contributed by atoms with Gasteiger partial charge in [-0.2, -0.15) is 4.99 Å². The van der Waals surface area contributed by atoms with Gasteiger partial charge in [0.05, 0.1) is 21.9 Å². The molecule has 1 N–H and O–H groups in total. The zero-order valence-electron chi connectivity index (χ0n) is 13.5. The highest BCUT2D eigenvalue weighted by Gasteiger charge is 2.24. The topological polar surface area (TPSA) is 63.6 Å². The molecular formula is C18H15N3O2S2. The summed E-state index contributed by atoms with van der Waals surface area (Å²) in [5, 5.41) is 4.45. The molecule has 25 heavy (non-hydrogen) atoms. The summed E-state index contributed by atoms with van der Waals surface area (Å²) < 4.78 is 6.03. The second kappa shape index (κ2) is 7.50. The van der Waals surface area contributed by atoms with E-state index < -0.39 is 0 Å². The number of ether oxygens (including phenoxy) is 1. The van der Waals surface area contributed by atoms with Gasteiger partial charge in [0.25, 0.3) is 5.91 Å². The number of rotatable bonds is 4. The summed E-state index contributed by atoms with van der Waals surface area (Å²) in [6.45, 7) is 7.53. The number of methoxy groups -OCH3 is 1. The third-order valence-electron chi connectivity index (χ3n) is 3.25. The van der Waals surface area contributed by atoms with Gasteiger partial charge in [-0.25, -0.2) is 4.98 Å². The number of nitrogens with zero attached hydrogens (tertiary/aromatic N) is 2. The molecule has 2 heterocycles. The van der Waals surface area contributed by atoms with Crippen LogP contribution in [0.5, 0.6) is 5.75 Å². The van der Waals surface area contributed by atoms with E-state index in [9.17, 15) is 4.79 Å². The van der Waals surface area contributed by atoms with Gasteiger partial charge in [-0.15, -0.1) is 0 Å². The minimum absolute atomic E-state index is 0.177. The van der Waals surface area contributed by atoms with E-state index in [0.717, 1.165) is 15.8 Å². The van der Waals surface area contributed by atoms with Crippen molar-refractivity contribution < 1.29 is 9.53 Å². The van der Waals surface area contributed by atoms with Crippen molar-refractivity contribution in [1.82, 2.24) is 10.3 Å². The van der Waals surface area contributed by atoms with Crippen LogP contribution in [0.1, 0.15) is 5.56 Å². The van der Waals surface area contributed by atoms with Gasteiger partial charge < -0.3 is 10.1 Å². The van der Waals surface area contributed by atoms with Gasteiger partial charge in [0, 0.05) is 0 Å². The van der Waals surface area contributed by atoms with Crippen LogP contribution < -0.4 is 19.9 Å². The number of amides is 1. The second-order valence-corrected chi connectivity index (χ2v) is 7.00. The molecule has 0 aliphatic carbocycles. The molecule has 7 heteroatoms. The molecule has 0 unspecified atom stereocenters. The Morgan fingerprint density at radius 3 is 2.76 bits per heavy atom. The molecule has 3 rings (SSSR count). The molecule has 0 atom stereocenters. The summed E-state index contributed by atoms with van der Waals surface area (Å²) >= 11 is 2.68. The van der Waals surface area contributed by atoms with Crippen LogP contribution in [0.3, 0.4) is 0 Å². The molecular weight excluding hydrogens is 354 g/mol. The minimum Gasteiger partial charge on any atom is -0.497 e. The predicted octanol–water partition coefficient (Wildman–Crippen LogP) is 2.42. The van der Waals surface area contributed by atoms with Crippen molar-refractivity contribution in [1.29, 1.82) is 0 Å². The smallest absolute Gasteiger partial charge is 0.264 e. The highest BCUT2D eigenvalue weighted by molar-refractivity contribution is 8.18. The lowest BCUT2D eigenvalue weighted by molar-refractivity contribution is -0.115. The van der Waals surface area contributed by atoms with Crippen LogP contribution in [0.15, 0.2) is 46.8 Å².